The number of carbonyl (C=O) groups excluding carboxylic acids is 1. The average Bonchev–Trinajstić information content (AvgIpc) is 0.731. The van der Waals surface area contributed by atoms with Crippen LogP contribution in [0.2, 0.25) is 0 Å². The molecule has 0 aromatic heterocycles. The van der Waals surface area contributed by atoms with E-state index in [9.17, 15) is 5.11 Å². The first kappa shape index (κ1) is 78.4. The fraction of sp³-hybridized carbons (Fsp3) is 0.699. The molecule has 4 aromatic carbocycles. The van der Waals surface area contributed by atoms with Crippen LogP contribution in [0.15, 0.2) is 66.7 Å². The van der Waals surface area contributed by atoms with E-state index >= 15 is 4.79 Å². The van der Waals surface area contributed by atoms with Gasteiger partial charge in [-0.15, -0.1) is 0 Å². The van der Waals surface area contributed by atoms with Gasteiger partial charge in [0.1, 0.15) is 0 Å². The van der Waals surface area contributed by atoms with Crippen molar-refractivity contribution in [3.63, 3.8) is 0 Å². The molecular weight excluding hydrogens is 1120 g/mol. The third-order valence-corrected chi connectivity index (χ3v) is 24.9. The van der Waals surface area contributed by atoms with E-state index in [2.05, 4.69) is 240 Å². The third kappa shape index (κ3) is 21.0. The van der Waals surface area contributed by atoms with Crippen molar-refractivity contribution in [3.8, 4) is 23.0 Å². The number of benzene rings is 4. The van der Waals surface area contributed by atoms with Crippen molar-refractivity contribution in [3.05, 3.63) is 117 Å². The molecule has 1 N–H and O–H groups in total. The number of unbranched alkanes of at least 4 members (excludes halogenated alkanes) is 15. The summed E-state index contributed by atoms with van der Waals surface area (Å²) in [4.78, 5) is 16.2. The van der Waals surface area contributed by atoms with Crippen molar-refractivity contribution in [1.82, 2.24) is 0 Å². The molecule has 0 spiro atoms. The van der Waals surface area contributed by atoms with Crippen LogP contribution in [-0.2, 0) is 59.1 Å². The SMILES string of the molecule is CCCCCCCCCCCCCCCCCCP(OC(=O)CCc1cc(C(C)(C)C)c(O)c(C(C)(C)C)c1)(Oc1ccc(C(C)(C)CC)cc1C(C)(C)CC)(Oc1ccc(C(C)(C)CC)cc1C(C)(C)CC)Oc1ccc(C(C)(C)CC)cc1C(C)(C)CC. The number of carbonyl (C=O) groups is 1. The molecule has 0 bridgehead atoms. The van der Waals surface area contributed by atoms with Gasteiger partial charge in [0.05, 0.1) is 0 Å². The summed E-state index contributed by atoms with van der Waals surface area (Å²) in [5.74, 6) is 1.71. The van der Waals surface area contributed by atoms with Crippen LogP contribution in [-0.4, -0.2) is 17.2 Å². The van der Waals surface area contributed by atoms with E-state index in [0.717, 1.165) is 91.2 Å². The molecule has 6 nitrogen and oxygen atoms in total. The van der Waals surface area contributed by atoms with Crippen molar-refractivity contribution in [2.24, 2.45) is 0 Å². The zero-order valence-electron chi connectivity index (χ0n) is 63.0. The van der Waals surface area contributed by atoms with E-state index < -0.39 is 13.5 Å². The topological polar surface area (TPSA) is 74.2 Å². The van der Waals surface area contributed by atoms with E-state index in [0.29, 0.717) is 35.8 Å². The van der Waals surface area contributed by atoms with Crippen LogP contribution in [0.4, 0.5) is 0 Å². The van der Waals surface area contributed by atoms with Crippen molar-refractivity contribution < 1.29 is 28.0 Å². The van der Waals surface area contributed by atoms with Gasteiger partial charge in [-0.2, -0.15) is 0 Å². The van der Waals surface area contributed by atoms with Crippen molar-refractivity contribution in [2.45, 2.75) is 371 Å². The van der Waals surface area contributed by atoms with Crippen molar-refractivity contribution >= 4 is 13.5 Å². The number of aryl methyl sites for hydroxylation is 1. The summed E-state index contributed by atoms with van der Waals surface area (Å²) >= 11 is 0. The summed E-state index contributed by atoms with van der Waals surface area (Å²) < 4.78 is 32.5. The number of hydrogen-bond donors (Lipinski definition) is 1. The first-order valence-corrected chi connectivity index (χ1v) is 38.5. The molecule has 0 radical (unpaired) electrons. The summed E-state index contributed by atoms with van der Waals surface area (Å²) in [5.41, 5.74) is 7.31. The Morgan fingerprint density at radius 2 is 0.644 bits per heavy atom. The summed E-state index contributed by atoms with van der Waals surface area (Å²) in [7, 11) is -5.50. The van der Waals surface area contributed by atoms with E-state index in [1.807, 2.05) is 0 Å². The molecule has 0 aliphatic heterocycles. The second kappa shape index (κ2) is 32.4. The van der Waals surface area contributed by atoms with Gasteiger partial charge in [0.25, 0.3) is 0 Å². The molecule has 0 aliphatic rings. The van der Waals surface area contributed by atoms with E-state index in [1.54, 1.807) is 0 Å². The zero-order valence-corrected chi connectivity index (χ0v) is 63.9. The molecule has 0 atom stereocenters. The minimum atomic E-state index is -5.50. The number of rotatable bonds is 39. The number of hydrogen-bond acceptors (Lipinski definition) is 6. The number of phenols is 1. The number of aromatic hydroxyl groups is 1. The summed E-state index contributed by atoms with van der Waals surface area (Å²) in [6.07, 6.45) is 25.6. The molecule has 0 saturated heterocycles. The molecular formula is C83H137O6P. The second-order valence-corrected chi connectivity index (χ2v) is 36.4. The first-order valence-electron chi connectivity index (χ1n) is 36.4. The summed E-state index contributed by atoms with van der Waals surface area (Å²) in [6, 6.07) is 24.3. The number of phenolic OH excluding ortho intramolecular Hbond substituents is 1. The van der Waals surface area contributed by atoms with Crippen LogP contribution in [0.25, 0.3) is 0 Å². The molecule has 0 heterocycles. The molecule has 4 rings (SSSR count). The Morgan fingerprint density at radius 3 is 0.911 bits per heavy atom. The average molecular weight is 1260 g/mol. The van der Waals surface area contributed by atoms with Crippen LogP contribution in [0, 0.1) is 0 Å². The van der Waals surface area contributed by atoms with Gasteiger partial charge in [0.15, 0.2) is 0 Å². The zero-order chi connectivity index (χ0) is 67.8. The van der Waals surface area contributed by atoms with Gasteiger partial charge in [-0.05, 0) is 0 Å². The standard InChI is InChI=1S/C83H137O6P/c1-26-33-34-35-36-37-38-39-40-41-42-43-44-45-46-47-56-90(86-71-52-49-63(78(14,15)27-2)59-66(71)81(20,21)30-5,87-72-53-50-64(79(16,17)28-3)60-67(72)82(22,23)31-6,88-73-54-51-65(80(18,19)29-4)61-68(73)83(24,25)32-7)89-74(84)55-48-62-57-69(76(8,9)10)75(85)70(58-62)77(11,12)13/h49-54,57-61,85H,26-48,55-56H2,1-25H3. The van der Waals surface area contributed by atoms with Gasteiger partial charge in [-0.25, -0.2) is 0 Å². The van der Waals surface area contributed by atoms with Crippen LogP contribution < -0.4 is 13.6 Å². The molecule has 0 aliphatic carbocycles. The van der Waals surface area contributed by atoms with E-state index in [4.69, 9.17) is 18.1 Å². The monoisotopic (exact) mass is 1260 g/mol. The molecule has 0 fully saturated rings. The van der Waals surface area contributed by atoms with Gasteiger partial charge in [-0.3, -0.25) is 0 Å². The Hall–Kier alpha value is -4.02. The van der Waals surface area contributed by atoms with Crippen LogP contribution in [0.1, 0.15) is 371 Å². The van der Waals surface area contributed by atoms with Crippen LogP contribution >= 0.6 is 7.51 Å². The maximum absolute atomic E-state index is 16.2. The van der Waals surface area contributed by atoms with Gasteiger partial charge in [-0.1, -0.05) is 39.0 Å². The molecule has 7 heteroatoms. The fourth-order valence-corrected chi connectivity index (χ4v) is 15.5. The summed E-state index contributed by atoms with van der Waals surface area (Å²) in [5, 5.41) is 11.9. The normalized spacial score (nSPS) is 13.7. The fourth-order valence-electron chi connectivity index (χ4n) is 12.1. The molecule has 0 amide bonds. The Morgan fingerprint density at radius 1 is 0.367 bits per heavy atom. The Labute approximate surface area is 555 Å². The van der Waals surface area contributed by atoms with E-state index in [-0.39, 0.29) is 55.9 Å². The second-order valence-electron chi connectivity index (χ2n) is 33.3. The molecule has 0 saturated carbocycles. The Bertz CT molecular complexity index is 2650. The molecule has 90 heavy (non-hydrogen) atoms. The predicted octanol–water partition coefficient (Wildman–Crippen LogP) is 26.3. The minimum absolute atomic E-state index is 0.0235. The van der Waals surface area contributed by atoms with Crippen LogP contribution in [0.5, 0.6) is 23.0 Å². The van der Waals surface area contributed by atoms with Gasteiger partial charge in [0.2, 0.25) is 0 Å². The van der Waals surface area contributed by atoms with E-state index in [1.165, 1.54) is 93.7 Å². The van der Waals surface area contributed by atoms with Crippen molar-refractivity contribution in [1.29, 1.82) is 0 Å². The van der Waals surface area contributed by atoms with Gasteiger partial charge >= 0.3 is 519 Å². The van der Waals surface area contributed by atoms with Gasteiger partial charge < -0.3 is 0 Å². The third-order valence-electron chi connectivity index (χ3n) is 21.7. The Kier molecular flexibility index (Phi) is 28.2. The molecule has 4 aromatic rings. The van der Waals surface area contributed by atoms with Crippen molar-refractivity contribution in [2.75, 3.05) is 6.16 Å². The quantitative estimate of drug-likeness (QED) is 0.0354. The van der Waals surface area contributed by atoms with Gasteiger partial charge in [0, 0.05) is 0 Å². The predicted molar refractivity (Wildman–Crippen MR) is 392 cm³/mol. The maximum atomic E-state index is 16.2. The molecule has 510 valence electrons. The van der Waals surface area contributed by atoms with Crippen LogP contribution in [0.3, 0.4) is 0 Å². The Balaban J connectivity index is 2.18. The first-order chi connectivity index (χ1) is 41.8. The molecule has 0 unspecified atom stereocenters. The summed E-state index contributed by atoms with van der Waals surface area (Å²) in [6.45, 7) is 56.4.